The van der Waals surface area contributed by atoms with Crippen LogP contribution in [0.4, 0.5) is 5.69 Å². The highest BCUT2D eigenvalue weighted by atomic mass is 16.5. The van der Waals surface area contributed by atoms with E-state index in [2.05, 4.69) is 5.32 Å². The fourth-order valence-electron chi connectivity index (χ4n) is 1.63. The SMILES string of the molecule is COc1cc(OC)c(N)c(C(=O)OCC(=O)NC(C)C)c1. The summed E-state index contributed by atoms with van der Waals surface area (Å²) in [5.41, 5.74) is 6.04. The number of nitrogen functional groups attached to an aromatic ring is 1. The van der Waals surface area contributed by atoms with Gasteiger partial charge in [0.05, 0.1) is 25.5 Å². The van der Waals surface area contributed by atoms with Gasteiger partial charge in [-0.3, -0.25) is 4.79 Å². The van der Waals surface area contributed by atoms with Crippen LogP contribution in [0.5, 0.6) is 11.5 Å². The number of anilines is 1. The molecule has 0 aliphatic rings. The summed E-state index contributed by atoms with van der Waals surface area (Å²) in [6, 6.07) is 2.95. The van der Waals surface area contributed by atoms with Gasteiger partial charge in [0, 0.05) is 12.1 Å². The number of hydrogen-bond acceptors (Lipinski definition) is 6. The molecular formula is C14H20N2O5. The monoisotopic (exact) mass is 296 g/mol. The summed E-state index contributed by atoms with van der Waals surface area (Å²) < 4.78 is 15.1. The van der Waals surface area contributed by atoms with E-state index in [0.717, 1.165) is 0 Å². The van der Waals surface area contributed by atoms with Crippen molar-refractivity contribution in [2.45, 2.75) is 19.9 Å². The van der Waals surface area contributed by atoms with Crippen LogP contribution in [0.3, 0.4) is 0 Å². The Hall–Kier alpha value is -2.44. The highest BCUT2D eigenvalue weighted by Crippen LogP contribution is 2.31. The predicted octanol–water partition coefficient (Wildman–Crippen LogP) is 0.967. The molecule has 1 amide bonds. The number of benzene rings is 1. The molecule has 0 saturated heterocycles. The van der Waals surface area contributed by atoms with Crippen LogP contribution in [0.1, 0.15) is 24.2 Å². The van der Waals surface area contributed by atoms with Crippen LogP contribution in [0, 0.1) is 0 Å². The highest BCUT2D eigenvalue weighted by Gasteiger charge is 2.18. The maximum Gasteiger partial charge on any atom is 0.341 e. The van der Waals surface area contributed by atoms with Crippen molar-refractivity contribution in [3.8, 4) is 11.5 Å². The zero-order valence-electron chi connectivity index (χ0n) is 12.6. The van der Waals surface area contributed by atoms with E-state index >= 15 is 0 Å². The van der Waals surface area contributed by atoms with Gasteiger partial charge in [0.1, 0.15) is 11.5 Å². The minimum Gasteiger partial charge on any atom is -0.497 e. The van der Waals surface area contributed by atoms with Gasteiger partial charge >= 0.3 is 5.97 Å². The second-order valence-corrected chi connectivity index (χ2v) is 4.59. The average molecular weight is 296 g/mol. The number of rotatable bonds is 6. The van der Waals surface area contributed by atoms with Crippen LogP contribution in [0.15, 0.2) is 12.1 Å². The average Bonchev–Trinajstić information content (AvgIpc) is 2.44. The molecule has 0 aromatic heterocycles. The van der Waals surface area contributed by atoms with E-state index in [9.17, 15) is 9.59 Å². The zero-order chi connectivity index (χ0) is 16.0. The third-order valence-electron chi connectivity index (χ3n) is 2.58. The Kier molecular flexibility index (Phi) is 5.83. The first kappa shape index (κ1) is 16.6. The van der Waals surface area contributed by atoms with Crippen molar-refractivity contribution in [2.75, 3.05) is 26.6 Å². The summed E-state index contributed by atoms with van der Waals surface area (Å²) in [7, 11) is 2.88. The van der Waals surface area contributed by atoms with Crippen LogP contribution in [0.25, 0.3) is 0 Å². The van der Waals surface area contributed by atoms with Crippen molar-refractivity contribution in [1.82, 2.24) is 5.32 Å². The van der Waals surface area contributed by atoms with E-state index in [4.69, 9.17) is 19.9 Å². The molecule has 7 nitrogen and oxygen atoms in total. The van der Waals surface area contributed by atoms with Gasteiger partial charge in [-0.2, -0.15) is 0 Å². The molecule has 0 aliphatic carbocycles. The molecule has 0 bridgehead atoms. The topological polar surface area (TPSA) is 99.9 Å². The lowest BCUT2D eigenvalue weighted by atomic mass is 10.1. The predicted molar refractivity (Wildman–Crippen MR) is 77.5 cm³/mol. The third-order valence-corrected chi connectivity index (χ3v) is 2.58. The Bertz CT molecular complexity index is 528. The second kappa shape index (κ2) is 7.37. The number of carbonyl (C=O) groups is 2. The molecular weight excluding hydrogens is 276 g/mol. The molecule has 0 aliphatic heterocycles. The summed E-state index contributed by atoms with van der Waals surface area (Å²) in [5.74, 6) is -0.400. The number of nitrogens with two attached hydrogens (primary N) is 1. The summed E-state index contributed by atoms with van der Waals surface area (Å²) >= 11 is 0. The van der Waals surface area contributed by atoms with Gasteiger partial charge in [0.15, 0.2) is 6.61 Å². The fraction of sp³-hybridized carbons (Fsp3) is 0.429. The van der Waals surface area contributed by atoms with Gasteiger partial charge in [0.2, 0.25) is 0 Å². The van der Waals surface area contributed by atoms with Gasteiger partial charge in [0.25, 0.3) is 5.91 Å². The molecule has 1 aromatic carbocycles. The lowest BCUT2D eigenvalue weighted by Crippen LogP contribution is -2.34. The standard InChI is InChI=1S/C14H20N2O5/c1-8(2)16-12(17)7-21-14(18)10-5-9(19-3)6-11(20-4)13(10)15/h5-6,8H,7,15H2,1-4H3,(H,16,17). The van der Waals surface area contributed by atoms with Gasteiger partial charge in [-0.05, 0) is 19.9 Å². The summed E-state index contributed by atoms with van der Waals surface area (Å²) in [6.07, 6.45) is 0. The van der Waals surface area contributed by atoms with Crippen molar-refractivity contribution in [1.29, 1.82) is 0 Å². The summed E-state index contributed by atoms with van der Waals surface area (Å²) in [6.45, 7) is 3.24. The first-order chi connectivity index (χ1) is 9.88. The molecule has 116 valence electrons. The Morgan fingerprint density at radius 3 is 2.43 bits per heavy atom. The van der Waals surface area contributed by atoms with Gasteiger partial charge < -0.3 is 25.3 Å². The summed E-state index contributed by atoms with van der Waals surface area (Å²) in [4.78, 5) is 23.5. The normalized spacial score (nSPS) is 10.1. The van der Waals surface area contributed by atoms with Crippen molar-refractivity contribution < 1.29 is 23.8 Å². The number of nitrogens with one attached hydrogen (secondary N) is 1. The van der Waals surface area contributed by atoms with Gasteiger partial charge in [-0.1, -0.05) is 0 Å². The second-order valence-electron chi connectivity index (χ2n) is 4.59. The van der Waals surface area contributed by atoms with Crippen LogP contribution >= 0.6 is 0 Å². The molecule has 0 radical (unpaired) electrons. The number of carbonyl (C=O) groups excluding carboxylic acids is 2. The first-order valence-corrected chi connectivity index (χ1v) is 6.37. The van der Waals surface area contributed by atoms with Crippen molar-refractivity contribution in [3.63, 3.8) is 0 Å². The van der Waals surface area contributed by atoms with Crippen molar-refractivity contribution in [3.05, 3.63) is 17.7 Å². The Morgan fingerprint density at radius 2 is 1.90 bits per heavy atom. The summed E-state index contributed by atoms with van der Waals surface area (Å²) in [5, 5.41) is 2.61. The molecule has 0 fully saturated rings. The lowest BCUT2D eigenvalue weighted by Gasteiger charge is -2.13. The molecule has 0 saturated carbocycles. The minimum absolute atomic E-state index is 0.0295. The number of amides is 1. The van der Waals surface area contributed by atoms with Crippen molar-refractivity contribution >= 4 is 17.6 Å². The first-order valence-electron chi connectivity index (χ1n) is 6.37. The van der Waals surface area contributed by atoms with Crippen molar-refractivity contribution in [2.24, 2.45) is 0 Å². The number of ether oxygens (including phenoxy) is 3. The Morgan fingerprint density at radius 1 is 1.24 bits per heavy atom. The Labute approximate surface area is 123 Å². The molecule has 1 rings (SSSR count). The number of esters is 1. The van der Waals surface area contributed by atoms with E-state index in [0.29, 0.717) is 11.5 Å². The largest absolute Gasteiger partial charge is 0.497 e. The molecule has 7 heteroatoms. The van der Waals surface area contributed by atoms with E-state index in [-0.39, 0.29) is 29.8 Å². The molecule has 0 heterocycles. The van der Waals surface area contributed by atoms with Crippen LogP contribution < -0.4 is 20.5 Å². The van der Waals surface area contributed by atoms with Gasteiger partial charge in [-0.25, -0.2) is 4.79 Å². The van der Waals surface area contributed by atoms with E-state index in [1.807, 2.05) is 13.8 Å². The smallest absolute Gasteiger partial charge is 0.341 e. The maximum absolute atomic E-state index is 12.0. The lowest BCUT2D eigenvalue weighted by molar-refractivity contribution is -0.124. The van der Waals surface area contributed by atoms with E-state index < -0.39 is 5.97 Å². The van der Waals surface area contributed by atoms with Crippen LogP contribution in [-0.2, 0) is 9.53 Å². The highest BCUT2D eigenvalue weighted by molar-refractivity contribution is 5.98. The maximum atomic E-state index is 12.0. The third kappa shape index (κ3) is 4.55. The Balaban J connectivity index is 2.84. The zero-order valence-corrected chi connectivity index (χ0v) is 12.6. The molecule has 0 spiro atoms. The van der Waals surface area contributed by atoms with Crippen LogP contribution in [0.2, 0.25) is 0 Å². The molecule has 0 atom stereocenters. The fourth-order valence-corrected chi connectivity index (χ4v) is 1.63. The van der Waals surface area contributed by atoms with E-state index in [1.54, 1.807) is 6.07 Å². The van der Waals surface area contributed by atoms with E-state index in [1.165, 1.54) is 20.3 Å². The number of hydrogen-bond donors (Lipinski definition) is 2. The minimum atomic E-state index is -0.719. The van der Waals surface area contributed by atoms with Gasteiger partial charge in [-0.15, -0.1) is 0 Å². The molecule has 1 aromatic rings. The molecule has 21 heavy (non-hydrogen) atoms. The van der Waals surface area contributed by atoms with Crippen LogP contribution in [-0.4, -0.2) is 38.7 Å². The molecule has 0 unspecified atom stereocenters. The number of methoxy groups -OCH3 is 2. The quantitative estimate of drug-likeness (QED) is 0.599. The molecule has 3 N–H and O–H groups in total.